The van der Waals surface area contributed by atoms with E-state index in [2.05, 4.69) is 10.1 Å². The molecule has 1 aromatic heterocycles. The van der Waals surface area contributed by atoms with Gasteiger partial charge in [0.2, 0.25) is 10.0 Å². The van der Waals surface area contributed by atoms with Crippen LogP contribution in [0.3, 0.4) is 0 Å². The lowest BCUT2D eigenvalue weighted by Gasteiger charge is -2.33. The number of piperazine rings is 1. The first kappa shape index (κ1) is 17.1. The molecule has 0 spiro atoms. The van der Waals surface area contributed by atoms with E-state index < -0.39 is 10.0 Å². The highest BCUT2D eigenvalue weighted by atomic mass is 32.2. The van der Waals surface area contributed by atoms with E-state index in [4.69, 9.17) is 4.52 Å². The number of hydrogen-bond acceptors (Lipinski definition) is 5. The molecular weight excluding hydrogens is 326 g/mol. The van der Waals surface area contributed by atoms with Crippen molar-refractivity contribution in [1.29, 1.82) is 0 Å². The summed E-state index contributed by atoms with van der Waals surface area (Å²) in [7, 11) is -3.43. The second-order valence-electron chi connectivity index (χ2n) is 6.38. The topological polar surface area (TPSA) is 66.7 Å². The summed E-state index contributed by atoms with van der Waals surface area (Å²) in [5, 5.41) is 4.00. The van der Waals surface area contributed by atoms with Gasteiger partial charge in [0, 0.05) is 38.8 Å². The van der Waals surface area contributed by atoms with Crippen LogP contribution in [0.2, 0.25) is 0 Å². The Morgan fingerprint density at radius 2 is 1.79 bits per heavy atom. The van der Waals surface area contributed by atoms with Gasteiger partial charge in [0.1, 0.15) is 5.76 Å². The predicted molar refractivity (Wildman–Crippen MR) is 91.2 cm³/mol. The van der Waals surface area contributed by atoms with Crippen LogP contribution in [0.4, 0.5) is 0 Å². The smallest absolute Gasteiger partial charge is 0.243 e. The Morgan fingerprint density at radius 1 is 1.08 bits per heavy atom. The summed E-state index contributed by atoms with van der Waals surface area (Å²) in [4.78, 5) is 2.61. The molecule has 6 nitrogen and oxygen atoms in total. The van der Waals surface area contributed by atoms with Crippen LogP contribution < -0.4 is 0 Å². The van der Waals surface area contributed by atoms with Crippen LogP contribution in [-0.4, -0.2) is 49.0 Å². The minimum Gasteiger partial charge on any atom is -0.361 e. The Labute approximate surface area is 143 Å². The van der Waals surface area contributed by atoms with Crippen LogP contribution >= 0.6 is 0 Å². The van der Waals surface area contributed by atoms with Crippen LogP contribution in [-0.2, 0) is 16.6 Å². The third kappa shape index (κ3) is 3.53. The highest BCUT2D eigenvalue weighted by Crippen LogP contribution is 2.22. The highest BCUT2D eigenvalue weighted by Gasteiger charge is 2.29. The highest BCUT2D eigenvalue weighted by molar-refractivity contribution is 7.89. The van der Waals surface area contributed by atoms with Crippen molar-refractivity contribution in [1.82, 2.24) is 14.4 Å². The normalized spacial score (nSPS) is 17.3. The molecule has 1 aliphatic heterocycles. The Balaban J connectivity index is 1.67. The second-order valence-corrected chi connectivity index (χ2v) is 8.28. The minimum atomic E-state index is -3.43. The molecule has 0 atom stereocenters. The van der Waals surface area contributed by atoms with E-state index in [1.807, 2.05) is 39.0 Å². The maximum absolute atomic E-state index is 12.9. The van der Waals surface area contributed by atoms with Crippen molar-refractivity contribution in [2.45, 2.75) is 32.2 Å². The van der Waals surface area contributed by atoms with E-state index in [9.17, 15) is 8.42 Å². The largest absolute Gasteiger partial charge is 0.361 e. The summed E-state index contributed by atoms with van der Waals surface area (Å²) in [6, 6.07) is 7.39. The van der Waals surface area contributed by atoms with Crippen LogP contribution in [0.5, 0.6) is 0 Å². The number of aryl methyl sites for hydroxylation is 3. The first-order chi connectivity index (χ1) is 11.4. The summed E-state index contributed by atoms with van der Waals surface area (Å²) in [6.07, 6.45) is 0. The molecule has 0 radical (unpaired) electrons. The zero-order valence-electron chi connectivity index (χ0n) is 14.3. The van der Waals surface area contributed by atoms with Gasteiger partial charge in [-0.2, -0.15) is 4.31 Å². The minimum absolute atomic E-state index is 0.411. The molecule has 2 heterocycles. The van der Waals surface area contributed by atoms with Crippen LogP contribution in [0.25, 0.3) is 0 Å². The van der Waals surface area contributed by atoms with E-state index in [1.165, 1.54) is 0 Å². The van der Waals surface area contributed by atoms with Crippen molar-refractivity contribution in [2.24, 2.45) is 0 Å². The molecule has 0 amide bonds. The molecule has 7 heteroatoms. The van der Waals surface area contributed by atoms with E-state index >= 15 is 0 Å². The molecule has 0 saturated carbocycles. The summed E-state index contributed by atoms with van der Waals surface area (Å²) < 4.78 is 32.4. The first-order valence-corrected chi connectivity index (χ1v) is 9.52. The Morgan fingerprint density at radius 3 is 2.38 bits per heavy atom. The van der Waals surface area contributed by atoms with Crippen molar-refractivity contribution in [3.8, 4) is 0 Å². The average Bonchev–Trinajstić information content (AvgIpc) is 2.92. The second kappa shape index (κ2) is 6.66. The number of rotatable bonds is 4. The molecule has 3 rings (SSSR count). The molecule has 24 heavy (non-hydrogen) atoms. The molecule has 0 bridgehead atoms. The quantitative estimate of drug-likeness (QED) is 0.846. The zero-order valence-corrected chi connectivity index (χ0v) is 15.1. The fraction of sp³-hybridized carbons (Fsp3) is 0.471. The molecule has 1 aliphatic rings. The molecular formula is C17H23N3O3S. The van der Waals surface area contributed by atoms with E-state index in [0.717, 1.165) is 22.6 Å². The number of hydrogen-bond donors (Lipinski definition) is 0. The molecule has 0 N–H and O–H groups in total. The molecule has 2 aromatic rings. The van der Waals surface area contributed by atoms with Crippen LogP contribution in [0, 0.1) is 20.8 Å². The van der Waals surface area contributed by atoms with Crippen molar-refractivity contribution in [3.63, 3.8) is 0 Å². The average molecular weight is 349 g/mol. The van der Waals surface area contributed by atoms with Crippen molar-refractivity contribution in [2.75, 3.05) is 26.2 Å². The molecule has 130 valence electrons. The van der Waals surface area contributed by atoms with Crippen molar-refractivity contribution >= 4 is 10.0 Å². The summed E-state index contributed by atoms with van der Waals surface area (Å²) in [5.74, 6) is 0.793. The van der Waals surface area contributed by atoms with Gasteiger partial charge >= 0.3 is 0 Å². The number of nitrogens with zero attached hydrogens (tertiary/aromatic N) is 3. The van der Waals surface area contributed by atoms with Crippen molar-refractivity contribution < 1.29 is 12.9 Å². The van der Waals surface area contributed by atoms with Crippen LogP contribution in [0.15, 0.2) is 33.7 Å². The van der Waals surface area contributed by atoms with Gasteiger partial charge in [-0.05, 0) is 32.4 Å². The lowest BCUT2D eigenvalue weighted by atomic mass is 10.2. The maximum atomic E-state index is 12.9. The Hall–Kier alpha value is -1.70. The molecule has 1 aromatic carbocycles. The maximum Gasteiger partial charge on any atom is 0.243 e. The van der Waals surface area contributed by atoms with E-state index in [-0.39, 0.29) is 0 Å². The Kier molecular flexibility index (Phi) is 4.76. The number of benzene rings is 1. The van der Waals surface area contributed by atoms with E-state index in [0.29, 0.717) is 37.6 Å². The molecule has 0 unspecified atom stereocenters. The number of aromatic nitrogens is 1. The predicted octanol–water partition coefficient (Wildman–Crippen LogP) is 2.11. The van der Waals surface area contributed by atoms with Crippen molar-refractivity contribution in [3.05, 3.63) is 46.8 Å². The lowest BCUT2D eigenvalue weighted by Crippen LogP contribution is -2.48. The van der Waals surface area contributed by atoms with Gasteiger partial charge in [0.25, 0.3) is 0 Å². The molecule has 0 aliphatic carbocycles. The Bertz CT molecular complexity index is 821. The zero-order chi connectivity index (χ0) is 17.3. The van der Waals surface area contributed by atoms with Gasteiger partial charge in [0.05, 0.1) is 10.6 Å². The monoisotopic (exact) mass is 349 g/mol. The fourth-order valence-corrected chi connectivity index (χ4v) is 4.71. The van der Waals surface area contributed by atoms with Gasteiger partial charge in [-0.3, -0.25) is 4.90 Å². The van der Waals surface area contributed by atoms with E-state index in [1.54, 1.807) is 10.4 Å². The molecule has 1 fully saturated rings. The summed E-state index contributed by atoms with van der Waals surface area (Å²) in [5.41, 5.74) is 2.76. The van der Waals surface area contributed by atoms with Crippen LogP contribution in [0.1, 0.15) is 22.6 Å². The van der Waals surface area contributed by atoms with Gasteiger partial charge in [-0.25, -0.2) is 8.42 Å². The summed E-state index contributed by atoms with van der Waals surface area (Å²) >= 11 is 0. The SMILES string of the molecule is Cc1ccc(S(=O)(=O)N2CCN(Cc3cc(C)on3)CC2)c(C)c1. The first-order valence-electron chi connectivity index (χ1n) is 8.08. The third-order valence-corrected chi connectivity index (χ3v) is 6.40. The van der Waals surface area contributed by atoms with Gasteiger partial charge in [-0.15, -0.1) is 0 Å². The third-order valence-electron chi connectivity index (χ3n) is 4.34. The number of sulfonamides is 1. The fourth-order valence-electron chi connectivity index (χ4n) is 3.08. The van der Waals surface area contributed by atoms with Gasteiger partial charge in [-0.1, -0.05) is 22.9 Å². The van der Waals surface area contributed by atoms with Gasteiger partial charge in [0.15, 0.2) is 0 Å². The lowest BCUT2D eigenvalue weighted by molar-refractivity contribution is 0.177. The summed E-state index contributed by atoms with van der Waals surface area (Å²) in [6.45, 7) is 8.74. The van der Waals surface area contributed by atoms with Gasteiger partial charge < -0.3 is 4.52 Å². The molecule has 1 saturated heterocycles. The standard InChI is InChI=1S/C17H23N3O3S/c1-13-4-5-17(14(2)10-13)24(21,22)20-8-6-19(7-9-20)12-16-11-15(3)23-18-16/h4-5,10-11H,6-9,12H2,1-3H3.